The molecule has 26 heavy (non-hydrogen) atoms. The van der Waals surface area contributed by atoms with Crippen LogP contribution in [0.1, 0.15) is 23.6 Å². The largest absolute Gasteiger partial charge is 0.415 e. The lowest BCUT2D eigenvalue weighted by Crippen LogP contribution is -1.91. The molecule has 0 saturated carbocycles. The molecule has 3 heterocycles. The van der Waals surface area contributed by atoms with E-state index >= 15 is 0 Å². The first-order valence-corrected chi connectivity index (χ1v) is 7.53. The molecular weight excluding hydrogens is 352 g/mol. The standard InChI is InChI=1S/C17H10F4N4O/c18-12-2-1-9(6-13(12)19)5-11-8-25-4-3-10(7-14(25)22-11)16-23-24-17(26-16)15(20)21/h1-4,6-8,15H,5H2. The van der Waals surface area contributed by atoms with E-state index in [-0.39, 0.29) is 5.89 Å². The Morgan fingerprint density at radius 3 is 2.62 bits per heavy atom. The van der Waals surface area contributed by atoms with Gasteiger partial charge in [0.25, 0.3) is 5.89 Å². The summed E-state index contributed by atoms with van der Waals surface area (Å²) >= 11 is 0. The monoisotopic (exact) mass is 362 g/mol. The van der Waals surface area contributed by atoms with Gasteiger partial charge in [-0.05, 0) is 29.8 Å². The summed E-state index contributed by atoms with van der Waals surface area (Å²) < 4.78 is 58.0. The van der Waals surface area contributed by atoms with Crippen molar-refractivity contribution < 1.29 is 22.0 Å². The smallest absolute Gasteiger partial charge is 0.314 e. The zero-order valence-electron chi connectivity index (χ0n) is 13.0. The van der Waals surface area contributed by atoms with E-state index in [0.717, 1.165) is 12.1 Å². The summed E-state index contributed by atoms with van der Waals surface area (Å²) in [5.41, 5.74) is 2.18. The summed E-state index contributed by atoms with van der Waals surface area (Å²) in [6, 6.07) is 6.90. The minimum absolute atomic E-state index is 0.0343. The van der Waals surface area contributed by atoms with Gasteiger partial charge in [-0.3, -0.25) is 0 Å². The number of fused-ring (bicyclic) bond motifs is 1. The van der Waals surface area contributed by atoms with Gasteiger partial charge in [0.15, 0.2) is 11.6 Å². The molecule has 0 bridgehead atoms. The summed E-state index contributed by atoms with van der Waals surface area (Å²) in [6.45, 7) is 0. The number of aromatic nitrogens is 4. The van der Waals surface area contributed by atoms with Crippen molar-refractivity contribution in [3.63, 3.8) is 0 Å². The lowest BCUT2D eigenvalue weighted by atomic mass is 10.1. The van der Waals surface area contributed by atoms with Gasteiger partial charge in [0.05, 0.1) is 5.69 Å². The molecular formula is C17H10F4N4O. The highest BCUT2D eigenvalue weighted by molar-refractivity contribution is 5.60. The van der Waals surface area contributed by atoms with Crippen molar-refractivity contribution in [2.45, 2.75) is 12.8 Å². The topological polar surface area (TPSA) is 56.2 Å². The molecule has 4 aromatic rings. The van der Waals surface area contributed by atoms with E-state index in [4.69, 9.17) is 4.42 Å². The van der Waals surface area contributed by atoms with Crippen molar-refractivity contribution in [2.75, 3.05) is 0 Å². The van der Waals surface area contributed by atoms with Crippen LogP contribution in [-0.4, -0.2) is 19.6 Å². The van der Waals surface area contributed by atoms with Gasteiger partial charge in [-0.2, -0.15) is 8.78 Å². The fraction of sp³-hybridized carbons (Fsp3) is 0.118. The van der Waals surface area contributed by atoms with E-state index in [9.17, 15) is 17.6 Å². The molecule has 0 N–H and O–H groups in total. The van der Waals surface area contributed by atoms with Gasteiger partial charge < -0.3 is 8.82 Å². The van der Waals surface area contributed by atoms with Crippen LogP contribution in [0.3, 0.4) is 0 Å². The van der Waals surface area contributed by atoms with Crippen LogP contribution in [0, 0.1) is 11.6 Å². The highest BCUT2D eigenvalue weighted by atomic mass is 19.3. The second-order valence-corrected chi connectivity index (χ2v) is 5.58. The zero-order chi connectivity index (χ0) is 18.3. The molecule has 0 fully saturated rings. The summed E-state index contributed by atoms with van der Waals surface area (Å²) in [4.78, 5) is 4.40. The molecule has 5 nitrogen and oxygen atoms in total. The number of hydrogen-bond donors (Lipinski definition) is 0. The summed E-state index contributed by atoms with van der Waals surface area (Å²) in [7, 11) is 0. The minimum atomic E-state index is -2.84. The third-order valence-electron chi connectivity index (χ3n) is 3.75. The molecule has 0 saturated heterocycles. The third kappa shape index (κ3) is 3.03. The second kappa shape index (κ2) is 6.25. The first-order chi connectivity index (χ1) is 12.5. The SMILES string of the molecule is Fc1ccc(Cc2cn3ccc(-c4nnc(C(F)F)o4)cc3n2)cc1F. The molecule has 1 aromatic carbocycles. The van der Waals surface area contributed by atoms with Crippen LogP contribution in [0.2, 0.25) is 0 Å². The van der Waals surface area contributed by atoms with Gasteiger partial charge in [0, 0.05) is 24.4 Å². The summed E-state index contributed by atoms with van der Waals surface area (Å²) in [5, 5.41) is 6.88. The zero-order valence-corrected chi connectivity index (χ0v) is 13.0. The molecule has 0 amide bonds. The van der Waals surface area contributed by atoms with Crippen molar-refractivity contribution in [1.29, 1.82) is 0 Å². The normalized spacial score (nSPS) is 11.6. The molecule has 4 rings (SSSR count). The van der Waals surface area contributed by atoms with Crippen molar-refractivity contribution in [3.8, 4) is 11.5 Å². The molecule has 0 aliphatic carbocycles. The van der Waals surface area contributed by atoms with Gasteiger partial charge >= 0.3 is 6.43 Å². The van der Waals surface area contributed by atoms with Crippen molar-refractivity contribution in [2.24, 2.45) is 0 Å². The molecule has 0 unspecified atom stereocenters. The maximum absolute atomic E-state index is 13.3. The first kappa shape index (κ1) is 16.2. The number of benzene rings is 1. The third-order valence-corrected chi connectivity index (χ3v) is 3.75. The number of nitrogens with zero attached hydrogens (tertiary/aromatic N) is 4. The van der Waals surface area contributed by atoms with Crippen LogP contribution in [0.5, 0.6) is 0 Å². The van der Waals surface area contributed by atoms with Gasteiger partial charge in [-0.15, -0.1) is 10.2 Å². The van der Waals surface area contributed by atoms with E-state index in [1.54, 1.807) is 28.9 Å². The lowest BCUT2D eigenvalue weighted by Gasteiger charge is -1.98. The van der Waals surface area contributed by atoms with Crippen LogP contribution < -0.4 is 0 Å². The minimum Gasteiger partial charge on any atom is -0.415 e. The Labute approximate surface area is 143 Å². The fourth-order valence-corrected chi connectivity index (χ4v) is 2.55. The number of halogens is 4. The Kier molecular flexibility index (Phi) is 3.90. The highest BCUT2D eigenvalue weighted by Crippen LogP contribution is 2.24. The van der Waals surface area contributed by atoms with Crippen LogP contribution in [0.4, 0.5) is 17.6 Å². The summed E-state index contributed by atoms with van der Waals surface area (Å²) in [5.74, 6) is -2.61. The number of hydrogen-bond acceptors (Lipinski definition) is 4. The predicted octanol–water partition coefficient (Wildman–Crippen LogP) is 4.19. The lowest BCUT2D eigenvalue weighted by molar-refractivity contribution is 0.116. The van der Waals surface area contributed by atoms with Crippen LogP contribution in [-0.2, 0) is 6.42 Å². The van der Waals surface area contributed by atoms with Crippen molar-refractivity contribution >= 4 is 5.65 Å². The van der Waals surface area contributed by atoms with Gasteiger partial charge in [0.2, 0.25) is 5.89 Å². The molecule has 132 valence electrons. The Morgan fingerprint density at radius 1 is 1.04 bits per heavy atom. The van der Waals surface area contributed by atoms with E-state index in [1.807, 2.05) is 0 Å². The van der Waals surface area contributed by atoms with Crippen molar-refractivity contribution in [1.82, 2.24) is 19.6 Å². The van der Waals surface area contributed by atoms with Crippen LogP contribution in [0.25, 0.3) is 17.1 Å². The fourth-order valence-electron chi connectivity index (χ4n) is 2.55. The van der Waals surface area contributed by atoms with E-state index in [1.165, 1.54) is 6.07 Å². The number of imidazole rings is 1. The average Bonchev–Trinajstić information content (AvgIpc) is 3.24. The quantitative estimate of drug-likeness (QED) is 0.511. The molecule has 9 heteroatoms. The first-order valence-electron chi connectivity index (χ1n) is 7.53. The van der Waals surface area contributed by atoms with E-state index in [0.29, 0.717) is 28.9 Å². The van der Waals surface area contributed by atoms with Gasteiger partial charge in [-0.25, -0.2) is 13.8 Å². The Hall–Kier alpha value is -3.23. The van der Waals surface area contributed by atoms with Crippen LogP contribution in [0.15, 0.2) is 47.1 Å². The van der Waals surface area contributed by atoms with E-state index < -0.39 is 24.0 Å². The van der Waals surface area contributed by atoms with Gasteiger partial charge in [0.1, 0.15) is 5.65 Å². The Morgan fingerprint density at radius 2 is 1.88 bits per heavy atom. The molecule has 0 atom stereocenters. The van der Waals surface area contributed by atoms with Crippen LogP contribution >= 0.6 is 0 Å². The molecule has 3 aromatic heterocycles. The second-order valence-electron chi connectivity index (χ2n) is 5.58. The molecule has 0 aliphatic rings. The Balaban J connectivity index is 1.63. The maximum atomic E-state index is 13.3. The number of pyridine rings is 1. The highest BCUT2D eigenvalue weighted by Gasteiger charge is 2.17. The maximum Gasteiger partial charge on any atom is 0.314 e. The molecule has 0 aliphatic heterocycles. The Bertz CT molecular complexity index is 1090. The summed E-state index contributed by atoms with van der Waals surface area (Å²) in [6.07, 6.45) is 0.871. The van der Waals surface area contributed by atoms with E-state index in [2.05, 4.69) is 15.2 Å². The van der Waals surface area contributed by atoms with Gasteiger partial charge in [-0.1, -0.05) is 6.07 Å². The molecule has 0 spiro atoms. The average molecular weight is 362 g/mol. The molecule has 0 radical (unpaired) electrons. The number of rotatable bonds is 4. The predicted molar refractivity (Wildman–Crippen MR) is 82.6 cm³/mol. The number of alkyl halides is 2. The van der Waals surface area contributed by atoms with Crippen molar-refractivity contribution in [3.05, 3.63) is 71.5 Å².